The van der Waals surface area contributed by atoms with Crippen molar-refractivity contribution in [1.29, 1.82) is 5.26 Å². The molecule has 1 nitrogen and oxygen atoms in total. The molecule has 0 amide bonds. The van der Waals surface area contributed by atoms with E-state index in [0.29, 0.717) is 0 Å². The van der Waals surface area contributed by atoms with E-state index in [1.165, 1.54) is 56.9 Å². The number of nitrogens with zero attached hydrogens (tertiary/aromatic N) is 1. The molecule has 0 saturated carbocycles. The fourth-order valence-electron chi connectivity index (χ4n) is 3.61. The standard InChI is InChI=1S/C20H29N/c1-2-3-4-5-7-10-18-11-13-19(14-12-18)20(17-21)15-8-6-9-16-20/h6,8-9,13,15,18H,2-5,7,10-12,14,16H2,1H3. The summed E-state index contributed by atoms with van der Waals surface area (Å²) in [5.74, 6) is 0.856. The average Bonchev–Trinajstić information content (AvgIpc) is 2.56. The van der Waals surface area contributed by atoms with Gasteiger partial charge in [-0.25, -0.2) is 0 Å². The third-order valence-electron chi connectivity index (χ3n) is 5.08. The van der Waals surface area contributed by atoms with Gasteiger partial charge in [0.05, 0.1) is 11.5 Å². The van der Waals surface area contributed by atoms with E-state index in [1.54, 1.807) is 0 Å². The molecule has 0 bridgehead atoms. The van der Waals surface area contributed by atoms with Gasteiger partial charge in [0.1, 0.15) is 0 Å². The van der Waals surface area contributed by atoms with E-state index < -0.39 is 0 Å². The maximum absolute atomic E-state index is 9.61. The molecular weight excluding hydrogens is 254 g/mol. The van der Waals surface area contributed by atoms with E-state index >= 15 is 0 Å². The maximum Gasteiger partial charge on any atom is 0.1000 e. The number of allylic oxidation sites excluding steroid dienone is 6. The van der Waals surface area contributed by atoms with Gasteiger partial charge < -0.3 is 0 Å². The summed E-state index contributed by atoms with van der Waals surface area (Å²) in [5.41, 5.74) is 1.04. The van der Waals surface area contributed by atoms with Crippen molar-refractivity contribution in [2.45, 2.75) is 71.1 Å². The fourth-order valence-corrected chi connectivity index (χ4v) is 3.61. The second-order valence-electron chi connectivity index (χ2n) is 6.65. The van der Waals surface area contributed by atoms with E-state index in [9.17, 15) is 5.26 Å². The highest BCUT2D eigenvalue weighted by atomic mass is 14.4. The first-order valence-electron chi connectivity index (χ1n) is 8.76. The lowest BCUT2D eigenvalue weighted by Crippen LogP contribution is -2.22. The minimum atomic E-state index is -0.332. The summed E-state index contributed by atoms with van der Waals surface area (Å²) < 4.78 is 0. The number of hydrogen-bond acceptors (Lipinski definition) is 1. The molecule has 0 aromatic heterocycles. The summed E-state index contributed by atoms with van der Waals surface area (Å²) in [4.78, 5) is 0. The molecule has 1 heteroatoms. The van der Waals surface area contributed by atoms with Crippen LogP contribution in [0, 0.1) is 22.7 Å². The van der Waals surface area contributed by atoms with Gasteiger partial charge in [-0.15, -0.1) is 0 Å². The van der Waals surface area contributed by atoms with Gasteiger partial charge >= 0.3 is 0 Å². The molecule has 0 radical (unpaired) electrons. The number of unbranched alkanes of at least 4 members (excludes halogenated alkanes) is 4. The van der Waals surface area contributed by atoms with Crippen LogP contribution in [0.2, 0.25) is 0 Å². The van der Waals surface area contributed by atoms with Gasteiger partial charge in [0.2, 0.25) is 0 Å². The molecule has 2 atom stereocenters. The Labute approximate surface area is 130 Å². The van der Waals surface area contributed by atoms with Crippen molar-refractivity contribution in [2.75, 3.05) is 0 Å². The quantitative estimate of drug-likeness (QED) is 0.409. The van der Waals surface area contributed by atoms with Crippen molar-refractivity contribution in [3.63, 3.8) is 0 Å². The Balaban J connectivity index is 1.80. The molecule has 0 fully saturated rings. The topological polar surface area (TPSA) is 23.8 Å². The summed E-state index contributed by atoms with van der Waals surface area (Å²) in [5, 5.41) is 9.61. The molecular formula is C20H29N. The van der Waals surface area contributed by atoms with Crippen LogP contribution < -0.4 is 0 Å². The zero-order valence-corrected chi connectivity index (χ0v) is 13.5. The number of hydrogen-bond donors (Lipinski definition) is 0. The van der Waals surface area contributed by atoms with Crippen LogP contribution in [0.15, 0.2) is 36.0 Å². The molecule has 114 valence electrons. The summed E-state index contributed by atoms with van der Waals surface area (Å²) in [6.07, 6.45) is 23.4. The first-order valence-corrected chi connectivity index (χ1v) is 8.76. The van der Waals surface area contributed by atoms with Crippen LogP contribution >= 0.6 is 0 Å². The Morgan fingerprint density at radius 3 is 2.71 bits per heavy atom. The number of nitriles is 1. The number of rotatable bonds is 7. The van der Waals surface area contributed by atoms with Crippen LogP contribution in [-0.4, -0.2) is 0 Å². The minimum Gasteiger partial charge on any atom is -0.197 e. The second-order valence-corrected chi connectivity index (χ2v) is 6.65. The van der Waals surface area contributed by atoms with Gasteiger partial charge in [-0.3, -0.25) is 0 Å². The highest BCUT2D eigenvalue weighted by Gasteiger charge is 2.33. The van der Waals surface area contributed by atoms with Crippen molar-refractivity contribution in [3.8, 4) is 6.07 Å². The van der Waals surface area contributed by atoms with Crippen LogP contribution in [0.5, 0.6) is 0 Å². The molecule has 0 aliphatic heterocycles. The third-order valence-corrected chi connectivity index (χ3v) is 5.08. The molecule has 21 heavy (non-hydrogen) atoms. The molecule has 0 aromatic rings. The first kappa shape index (κ1) is 16.1. The molecule has 0 heterocycles. The first-order chi connectivity index (χ1) is 10.3. The van der Waals surface area contributed by atoms with Crippen LogP contribution in [-0.2, 0) is 0 Å². The molecule has 0 aromatic carbocycles. The Morgan fingerprint density at radius 1 is 1.24 bits per heavy atom. The minimum absolute atomic E-state index is 0.332. The second kappa shape index (κ2) is 8.23. The molecule has 0 N–H and O–H groups in total. The van der Waals surface area contributed by atoms with Crippen molar-refractivity contribution in [1.82, 2.24) is 0 Å². The smallest absolute Gasteiger partial charge is 0.1000 e. The van der Waals surface area contributed by atoms with Crippen LogP contribution in [0.4, 0.5) is 0 Å². The Bertz CT molecular complexity index is 449. The van der Waals surface area contributed by atoms with Crippen molar-refractivity contribution < 1.29 is 0 Å². The predicted molar refractivity (Wildman–Crippen MR) is 89.7 cm³/mol. The average molecular weight is 283 g/mol. The lowest BCUT2D eigenvalue weighted by Gasteiger charge is -2.31. The largest absolute Gasteiger partial charge is 0.197 e. The SMILES string of the molecule is CCCCCCCC1CC=C(C2(C#N)C=CC=CC2)CC1. The summed E-state index contributed by atoms with van der Waals surface area (Å²) >= 11 is 0. The van der Waals surface area contributed by atoms with E-state index in [1.807, 2.05) is 6.08 Å². The predicted octanol–water partition coefficient (Wildman–Crippen LogP) is 6.10. The van der Waals surface area contributed by atoms with Gasteiger partial charge in [0.25, 0.3) is 0 Å². The van der Waals surface area contributed by atoms with Gasteiger partial charge in [0.15, 0.2) is 0 Å². The summed E-state index contributed by atoms with van der Waals surface area (Å²) in [6.45, 7) is 2.27. The van der Waals surface area contributed by atoms with Gasteiger partial charge in [0, 0.05) is 0 Å². The van der Waals surface area contributed by atoms with Crippen molar-refractivity contribution in [3.05, 3.63) is 36.0 Å². The van der Waals surface area contributed by atoms with Gasteiger partial charge in [-0.2, -0.15) is 5.26 Å². The normalized spacial score (nSPS) is 28.2. The highest BCUT2D eigenvalue weighted by Crippen LogP contribution is 2.42. The maximum atomic E-state index is 9.61. The molecule has 2 rings (SSSR count). The van der Waals surface area contributed by atoms with Gasteiger partial charge in [-0.1, -0.05) is 75.8 Å². The lowest BCUT2D eigenvalue weighted by atomic mass is 9.70. The van der Waals surface area contributed by atoms with Crippen molar-refractivity contribution in [2.24, 2.45) is 11.3 Å². The monoisotopic (exact) mass is 283 g/mol. The van der Waals surface area contributed by atoms with E-state index in [2.05, 4.69) is 37.3 Å². The molecule has 2 unspecified atom stereocenters. The fraction of sp³-hybridized carbons (Fsp3) is 0.650. The Hall–Kier alpha value is -1.29. The molecule has 0 spiro atoms. The van der Waals surface area contributed by atoms with Crippen LogP contribution in [0.3, 0.4) is 0 Å². The Kier molecular flexibility index (Phi) is 6.30. The lowest BCUT2D eigenvalue weighted by molar-refractivity contribution is 0.393. The van der Waals surface area contributed by atoms with E-state index in [4.69, 9.17) is 0 Å². The van der Waals surface area contributed by atoms with E-state index in [-0.39, 0.29) is 5.41 Å². The van der Waals surface area contributed by atoms with Crippen molar-refractivity contribution >= 4 is 0 Å². The summed E-state index contributed by atoms with van der Waals surface area (Å²) in [6, 6.07) is 2.56. The van der Waals surface area contributed by atoms with Gasteiger partial charge in [-0.05, 0) is 37.2 Å². The van der Waals surface area contributed by atoms with Crippen LogP contribution in [0.25, 0.3) is 0 Å². The molecule has 2 aliphatic carbocycles. The molecule has 2 aliphatic rings. The van der Waals surface area contributed by atoms with Crippen LogP contribution in [0.1, 0.15) is 71.1 Å². The zero-order valence-electron chi connectivity index (χ0n) is 13.5. The highest BCUT2D eigenvalue weighted by molar-refractivity contribution is 5.37. The molecule has 0 saturated heterocycles. The summed E-state index contributed by atoms with van der Waals surface area (Å²) in [7, 11) is 0. The van der Waals surface area contributed by atoms with E-state index in [0.717, 1.165) is 18.8 Å². The Morgan fingerprint density at radius 2 is 2.10 bits per heavy atom. The zero-order chi connectivity index (χ0) is 15.0. The third kappa shape index (κ3) is 4.34.